The van der Waals surface area contributed by atoms with Gasteiger partial charge in [-0.3, -0.25) is 9.59 Å². The highest BCUT2D eigenvalue weighted by Crippen LogP contribution is 2.15. The van der Waals surface area contributed by atoms with Gasteiger partial charge in [0.15, 0.2) is 6.10 Å². The van der Waals surface area contributed by atoms with Crippen molar-refractivity contribution in [1.29, 1.82) is 0 Å². The van der Waals surface area contributed by atoms with Crippen LogP contribution in [0.4, 0.5) is 0 Å². The third-order valence-corrected chi connectivity index (χ3v) is 11.7. The lowest BCUT2D eigenvalue weighted by Crippen LogP contribution is -2.30. The SMILES string of the molecule is CC/C=C\C/C=C\C/C=C\C/C=C\CCCCCCCCC(=O)OCC(COCCCCCCCCCCCC/C=C\C/C=C\CCCCC)OC(=O)CCCCCCCCCCC. The fourth-order valence-electron chi connectivity index (χ4n) is 7.65. The van der Waals surface area contributed by atoms with Gasteiger partial charge in [-0.15, -0.1) is 0 Å². The summed E-state index contributed by atoms with van der Waals surface area (Å²) in [6.45, 7) is 7.68. The molecule has 0 saturated carbocycles. The Labute approximate surface area is 397 Å². The quantitative estimate of drug-likeness (QED) is 0.0346. The van der Waals surface area contributed by atoms with E-state index in [1.165, 1.54) is 148 Å². The molecule has 1 unspecified atom stereocenters. The molecule has 0 rings (SSSR count). The highest BCUT2D eigenvalue weighted by molar-refractivity contribution is 5.70. The van der Waals surface area contributed by atoms with Gasteiger partial charge in [-0.1, -0.05) is 235 Å². The van der Waals surface area contributed by atoms with Gasteiger partial charge in [0.1, 0.15) is 6.61 Å². The van der Waals surface area contributed by atoms with E-state index >= 15 is 0 Å². The van der Waals surface area contributed by atoms with Crippen LogP contribution in [0.2, 0.25) is 0 Å². The van der Waals surface area contributed by atoms with Gasteiger partial charge >= 0.3 is 11.9 Å². The molecule has 0 heterocycles. The van der Waals surface area contributed by atoms with E-state index in [9.17, 15) is 9.59 Å². The number of allylic oxidation sites excluding steroid dienone is 12. The van der Waals surface area contributed by atoms with Crippen molar-refractivity contribution in [2.75, 3.05) is 19.8 Å². The van der Waals surface area contributed by atoms with Crippen LogP contribution in [0.1, 0.15) is 265 Å². The first-order valence-electron chi connectivity index (χ1n) is 27.5. The molecule has 370 valence electrons. The summed E-state index contributed by atoms with van der Waals surface area (Å²) in [5.74, 6) is -0.411. The molecule has 0 aromatic carbocycles. The van der Waals surface area contributed by atoms with Crippen LogP contribution in [-0.2, 0) is 23.8 Å². The topological polar surface area (TPSA) is 61.8 Å². The van der Waals surface area contributed by atoms with Gasteiger partial charge in [-0.2, -0.15) is 0 Å². The molecule has 0 amide bonds. The first-order valence-corrected chi connectivity index (χ1v) is 27.5. The Bertz CT molecular complexity index is 1150. The lowest BCUT2D eigenvalue weighted by Gasteiger charge is -2.18. The van der Waals surface area contributed by atoms with Crippen LogP contribution in [0.15, 0.2) is 72.9 Å². The van der Waals surface area contributed by atoms with Gasteiger partial charge in [-0.25, -0.2) is 0 Å². The van der Waals surface area contributed by atoms with E-state index in [4.69, 9.17) is 14.2 Å². The lowest BCUT2D eigenvalue weighted by atomic mass is 10.1. The molecule has 5 nitrogen and oxygen atoms in total. The number of hydrogen-bond acceptors (Lipinski definition) is 5. The van der Waals surface area contributed by atoms with Gasteiger partial charge in [-0.05, 0) is 89.9 Å². The standard InChI is InChI=1S/C59H104O5/c1-4-7-10-13-16-19-21-23-25-27-29-31-33-35-37-39-42-45-48-51-54-62-55-57(64-59(61)53-50-47-44-40-18-15-12-9-6-3)56-63-58(60)52-49-46-43-41-38-36-34-32-30-28-26-24-22-20-17-14-11-8-5-2/h8,11,16-17,19-20,23-26,30,32,57H,4-7,9-10,12-15,18,21-22,27-29,31,33-56H2,1-3H3/b11-8-,19-16-,20-17-,25-23-,26-24-,32-30-. The average molecular weight is 893 g/mol. The van der Waals surface area contributed by atoms with E-state index in [1.807, 2.05) is 0 Å². The molecule has 0 aliphatic rings. The van der Waals surface area contributed by atoms with Crippen molar-refractivity contribution in [3.05, 3.63) is 72.9 Å². The number of hydrogen-bond donors (Lipinski definition) is 0. The first kappa shape index (κ1) is 61.3. The fourth-order valence-corrected chi connectivity index (χ4v) is 7.65. The van der Waals surface area contributed by atoms with Crippen LogP contribution >= 0.6 is 0 Å². The van der Waals surface area contributed by atoms with Crippen molar-refractivity contribution in [2.45, 2.75) is 271 Å². The van der Waals surface area contributed by atoms with Gasteiger partial charge in [0.25, 0.3) is 0 Å². The zero-order valence-corrected chi connectivity index (χ0v) is 42.5. The van der Waals surface area contributed by atoms with E-state index in [1.54, 1.807) is 0 Å². The Morgan fingerprint density at radius 1 is 0.359 bits per heavy atom. The second-order valence-electron chi connectivity index (χ2n) is 18.1. The molecule has 0 fully saturated rings. The summed E-state index contributed by atoms with van der Waals surface area (Å²) in [6, 6.07) is 0. The molecule has 0 aromatic rings. The maximum Gasteiger partial charge on any atom is 0.306 e. The normalized spacial score (nSPS) is 12.7. The summed E-state index contributed by atoms with van der Waals surface area (Å²) >= 11 is 0. The molecule has 0 aliphatic heterocycles. The number of carbonyl (C=O) groups excluding carboxylic acids is 2. The molecule has 0 saturated heterocycles. The highest BCUT2D eigenvalue weighted by atomic mass is 16.6. The number of carbonyl (C=O) groups is 2. The van der Waals surface area contributed by atoms with E-state index in [-0.39, 0.29) is 25.2 Å². The van der Waals surface area contributed by atoms with Gasteiger partial charge in [0.05, 0.1) is 6.61 Å². The summed E-state index contributed by atoms with van der Waals surface area (Å²) < 4.78 is 17.4. The van der Waals surface area contributed by atoms with Crippen molar-refractivity contribution >= 4 is 11.9 Å². The molecular formula is C59H104O5. The van der Waals surface area contributed by atoms with Crippen molar-refractivity contribution in [3.8, 4) is 0 Å². The Kier molecular flexibility index (Phi) is 52.4. The number of ether oxygens (including phenoxy) is 3. The van der Waals surface area contributed by atoms with E-state index in [0.29, 0.717) is 19.4 Å². The summed E-state index contributed by atoms with van der Waals surface area (Å²) in [7, 11) is 0. The first-order chi connectivity index (χ1) is 31.6. The number of esters is 2. The molecule has 1 atom stereocenters. The van der Waals surface area contributed by atoms with Crippen molar-refractivity contribution in [3.63, 3.8) is 0 Å². The minimum atomic E-state index is -0.543. The van der Waals surface area contributed by atoms with Crippen LogP contribution in [0.25, 0.3) is 0 Å². The van der Waals surface area contributed by atoms with E-state index in [0.717, 1.165) is 83.5 Å². The number of rotatable bonds is 50. The van der Waals surface area contributed by atoms with Gasteiger partial charge in [0, 0.05) is 19.4 Å². The largest absolute Gasteiger partial charge is 0.462 e. The summed E-state index contributed by atoms with van der Waals surface area (Å²) in [4.78, 5) is 25.4. The average Bonchev–Trinajstić information content (AvgIpc) is 3.30. The number of unbranched alkanes of at least 4 members (excludes halogenated alkanes) is 27. The predicted octanol–water partition coefficient (Wildman–Crippen LogP) is 18.7. The minimum absolute atomic E-state index is 0.0766. The summed E-state index contributed by atoms with van der Waals surface area (Å²) in [5, 5.41) is 0. The van der Waals surface area contributed by atoms with Gasteiger partial charge < -0.3 is 14.2 Å². The maximum atomic E-state index is 12.8. The Morgan fingerprint density at radius 3 is 1.16 bits per heavy atom. The highest BCUT2D eigenvalue weighted by Gasteiger charge is 2.17. The van der Waals surface area contributed by atoms with Crippen LogP contribution in [0, 0.1) is 0 Å². The zero-order chi connectivity index (χ0) is 46.3. The summed E-state index contributed by atoms with van der Waals surface area (Å²) in [5.41, 5.74) is 0. The molecule has 64 heavy (non-hydrogen) atoms. The molecule has 0 radical (unpaired) electrons. The van der Waals surface area contributed by atoms with Gasteiger partial charge in [0.2, 0.25) is 0 Å². The van der Waals surface area contributed by atoms with E-state index in [2.05, 4.69) is 93.7 Å². The lowest BCUT2D eigenvalue weighted by molar-refractivity contribution is -0.163. The molecule has 5 heteroatoms. The second-order valence-corrected chi connectivity index (χ2v) is 18.1. The Morgan fingerprint density at radius 2 is 0.703 bits per heavy atom. The summed E-state index contributed by atoms with van der Waals surface area (Å²) in [6.07, 6.45) is 70.6. The third kappa shape index (κ3) is 52.0. The van der Waals surface area contributed by atoms with Crippen molar-refractivity contribution in [2.24, 2.45) is 0 Å². The smallest absolute Gasteiger partial charge is 0.306 e. The predicted molar refractivity (Wildman–Crippen MR) is 279 cm³/mol. The van der Waals surface area contributed by atoms with Crippen molar-refractivity contribution < 1.29 is 23.8 Å². The van der Waals surface area contributed by atoms with Crippen LogP contribution in [-0.4, -0.2) is 37.9 Å². The minimum Gasteiger partial charge on any atom is -0.462 e. The molecule has 0 bridgehead atoms. The third-order valence-electron chi connectivity index (χ3n) is 11.7. The molecule has 0 spiro atoms. The fraction of sp³-hybridized carbons (Fsp3) is 0.763. The molecule has 0 aliphatic carbocycles. The molecule has 0 N–H and O–H groups in total. The zero-order valence-electron chi connectivity index (χ0n) is 42.5. The maximum absolute atomic E-state index is 12.8. The monoisotopic (exact) mass is 893 g/mol. The van der Waals surface area contributed by atoms with Crippen LogP contribution in [0.5, 0.6) is 0 Å². The second kappa shape index (κ2) is 54.7. The van der Waals surface area contributed by atoms with Crippen LogP contribution in [0.3, 0.4) is 0 Å². The van der Waals surface area contributed by atoms with E-state index < -0.39 is 6.10 Å². The van der Waals surface area contributed by atoms with Crippen LogP contribution < -0.4 is 0 Å². The molecule has 0 aromatic heterocycles. The Hall–Kier alpha value is -2.66. The van der Waals surface area contributed by atoms with Crippen molar-refractivity contribution in [1.82, 2.24) is 0 Å². The Balaban J connectivity index is 4.18. The molecular weight excluding hydrogens is 789 g/mol.